The van der Waals surface area contributed by atoms with Gasteiger partial charge in [0, 0.05) is 17.0 Å². The lowest BCUT2D eigenvalue weighted by Crippen LogP contribution is -2.38. The highest BCUT2D eigenvalue weighted by atomic mass is 16.4. The van der Waals surface area contributed by atoms with E-state index in [0.29, 0.717) is 0 Å². The zero-order chi connectivity index (χ0) is 14.6. The third kappa shape index (κ3) is 3.03. The van der Waals surface area contributed by atoms with E-state index in [4.69, 9.17) is 15.2 Å². The molecule has 0 aliphatic carbocycles. The molecular weight excluding hydrogens is 248 g/mol. The van der Waals surface area contributed by atoms with Gasteiger partial charge in [0.2, 0.25) is 0 Å². The van der Waals surface area contributed by atoms with Crippen molar-refractivity contribution in [1.82, 2.24) is 4.98 Å². The van der Waals surface area contributed by atoms with Crippen LogP contribution >= 0.6 is 0 Å². The summed E-state index contributed by atoms with van der Waals surface area (Å²) in [6.07, 6.45) is 0. The highest BCUT2D eigenvalue weighted by Gasteiger charge is 2.21. The predicted molar refractivity (Wildman–Crippen MR) is 69.0 cm³/mol. The summed E-state index contributed by atoms with van der Waals surface area (Å²) in [7, 11) is 0. The van der Waals surface area contributed by atoms with Crippen LogP contribution in [0.4, 0.5) is 11.8 Å². The van der Waals surface area contributed by atoms with Crippen molar-refractivity contribution in [3.05, 3.63) is 26.4 Å². The fourth-order valence-corrected chi connectivity index (χ4v) is 1.75. The molecular formula is C11H14N6O2. The Labute approximate surface area is 109 Å². The maximum Gasteiger partial charge on any atom is 0.358 e. The quantitative estimate of drug-likeness (QED) is 0.469. The van der Waals surface area contributed by atoms with Gasteiger partial charge >= 0.3 is 11.6 Å². The van der Waals surface area contributed by atoms with E-state index in [0.717, 1.165) is 0 Å². The normalized spacial score (nSPS) is 10.2. The molecule has 0 aromatic carbocycles. The number of anilines is 1. The number of hydrogen-bond donors (Lipinski definition) is 0. The van der Waals surface area contributed by atoms with E-state index in [9.17, 15) is 4.79 Å². The van der Waals surface area contributed by atoms with E-state index < -0.39 is 11.2 Å². The van der Waals surface area contributed by atoms with Crippen molar-refractivity contribution in [2.75, 3.05) is 4.90 Å². The topological polar surface area (TPSA) is 119 Å². The Bertz CT molecular complexity index is 599. The zero-order valence-electron chi connectivity index (χ0n) is 11.2. The van der Waals surface area contributed by atoms with Crippen molar-refractivity contribution < 1.29 is 4.42 Å². The van der Waals surface area contributed by atoms with Crippen molar-refractivity contribution in [1.29, 1.82) is 5.26 Å². The van der Waals surface area contributed by atoms with Crippen LogP contribution in [0.3, 0.4) is 0 Å². The van der Waals surface area contributed by atoms with E-state index >= 15 is 0 Å². The van der Waals surface area contributed by atoms with Gasteiger partial charge in [0.25, 0.3) is 0 Å². The van der Waals surface area contributed by atoms with Crippen LogP contribution in [0.25, 0.3) is 10.4 Å². The van der Waals surface area contributed by atoms with Crippen molar-refractivity contribution >= 4 is 11.8 Å². The Kier molecular flexibility index (Phi) is 4.51. The smallest absolute Gasteiger partial charge is 0.358 e. The number of nitrogens with zero attached hydrogens (tertiary/aromatic N) is 6. The number of rotatable bonds is 4. The van der Waals surface area contributed by atoms with Crippen molar-refractivity contribution in [3.63, 3.8) is 0 Å². The molecule has 1 aromatic heterocycles. The SMILES string of the molecule is CC(C)N(c1nc(N=[N+]=[N-])c(C#N)c(=O)o1)C(C)C. The summed E-state index contributed by atoms with van der Waals surface area (Å²) in [6, 6.07) is 1.72. The molecule has 8 heteroatoms. The van der Waals surface area contributed by atoms with Crippen LogP contribution in [0.5, 0.6) is 0 Å². The van der Waals surface area contributed by atoms with Crippen LogP contribution in [0.1, 0.15) is 33.3 Å². The van der Waals surface area contributed by atoms with E-state index in [2.05, 4.69) is 15.0 Å². The average Bonchev–Trinajstić information content (AvgIpc) is 2.28. The fourth-order valence-electron chi connectivity index (χ4n) is 1.75. The molecule has 0 saturated heterocycles. The van der Waals surface area contributed by atoms with Gasteiger partial charge in [-0.25, -0.2) is 4.79 Å². The lowest BCUT2D eigenvalue weighted by atomic mass is 10.2. The maximum atomic E-state index is 11.7. The van der Waals surface area contributed by atoms with Crippen LogP contribution in [-0.4, -0.2) is 17.1 Å². The molecule has 100 valence electrons. The first-order valence-corrected chi connectivity index (χ1v) is 5.71. The second-order valence-electron chi connectivity index (χ2n) is 4.38. The van der Waals surface area contributed by atoms with Gasteiger partial charge < -0.3 is 9.32 Å². The monoisotopic (exact) mass is 262 g/mol. The van der Waals surface area contributed by atoms with Gasteiger partial charge in [0.1, 0.15) is 6.07 Å². The van der Waals surface area contributed by atoms with Crippen LogP contribution in [0, 0.1) is 11.3 Å². The van der Waals surface area contributed by atoms with E-state index in [1.54, 1.807) is 11.0 Å². The first-order valence-electron chi connectivity index (χ1n) is 5.71. The minimum atomic E-state index is -0.860. The van der Waals surface area contributed by atoms with Crippen LogP contribution < -0.4 is 10.5 Å². The van der Waals surface area contributed by atoms with Gasteiger partial charge in [0.05, 0.1) is 0 Å². The first-order chi connectivity index (χ1) is 8.92. The predicted octanol–water partition coefficient (Wildman–Crippen LogP) is 2.47. The highest BCUT2D eigenvalue weighted by Crippen LogP contribution is 2.21. The summed E-state index contributed by atoms with van der Waals surface area (Å²) in [4.78, 5) is 19.9. The van der Waals surface area contributed by atoms with Gasteiger partial charge in [-0.3, -0.25) is 0 Å². The summed E-state index contributed by atoms with van der Waals surface area (Å²) in [6.45, 7) is 7.64. The molecule has 0 N–H and O–H groups in total. The van der Waals surface area contributed by atoms with Gasteiger partial charge in [-0.15, -0.1) is 0 Å². The molecule has 0 unspecified atom stereocenters. The van der Waals surface area contributed by atoms with Crippen LogP contribution in [-0.2, 0) is 0 Å². The molecule has 1 heterocycles. The summed E-state index contributed by atoms with van der Waals surface area (Å²) in [5.74, 6) is -0.262. The van der Waals surface area contributed by atoms with Crippen molar-refractivity contribution in [3.8, 4) is 6.07 Å². The molecule has 1 aromatic rings. The molecule has 0 aliphatic rings. The van der Waals surface area contributed by atoms with Crippen LogP contribution in [0.2, 0.25) is 0 Å². The van der Waals surface area contributed by atoms with Crippen molar-refractivity contribution in [2.24, 2.45) is 5.11 Å². The number of azide groups is 1. The van der Waals surface area contributed by atoms with E-state index in [-0.39, 0.29) is 23.9 Å². The third-order valence-corrected chi connectivity index (χ3v) is 2.40. The number of nitriles is 1. The molecule has 0 fully saturated rings. The van der Waals surface area contributed by atoms with Crippen molar-refractivity contribution in [2.45, 2.75) is 39.8 Å². The molecule has 0 spiro atoms. The molecule has 0 atom stereocenters. The van der Waals surface area contributed by atoms with E-state index in [1.165, 1.54) is 0 Å². The molecule has 0 saturated carbocycles. The molecule has 0 amide bonds. The second-order valence-corrected chi connectivity index (χ2v) is 4.38. The largest absolute Gasteiger partial charge is 0.388 e. The number of aromatic nitrogens is 1. The third-order valence-electron chi connectivity index (χ3n) is 2.40. The average molecular weight is 262 g/mol. The summed E-state index contributed by atoms with van der Waals surface area (Å²) >= 11 is 0. The Morgan fingerprint density at radius 1 is 1.42 bits per heavy atom. The molecule has 0 radical (unpaired) electrons. The summed E-state index contributed by atoms with van der Waals surface area (Å²) < 4.78 is 5.02. The minimum absolute atomic E-state index is 0.0301. The molecule has 0 bridgehead atoms. The van der Waals surface area contributed by atoms with Gasteiger partial charge in [-0.1, -0.05) is 0 Å². The summed E-state index contributed by atoms with van der Waals surface area (Å²) in [5.41, 5.74) is 7.19. The zero-order valence-corrected chi connectivity index (χ0v) is 11.2. The van der Waals surface area contributed by atoms with E-state index in [1.807, 2.05) is 27.7 Å². The molecule has 8 nitrogen and oxygen atoms in total. The van der Waals surface area contributed by atoms with Gasteiger partial charge in [0.15, 0.2) is 11.4 Å². The molecule has 19 heavy (non-hydrogen) atoms. The highest BCUT2D eigenvalue weighted by molar-refractivity contribution is 5.48. The second kappa shape index (κ2) is 5.89. The Morgan fingerprint density at radius 2 is 2.00 bits per heavy atom. The standard InChI is InChI=1S/C11H14N6O2/c1-6(2)17(7(3)4)11-14-9(15-16-13)8(5-12)10(18)19-11/h6-7H,1-4H3. The fraction of sp³-hybridized carbons (Fsp3) is 0.545. The minimum Gasteiger partial charge on any atom is -0.388 e. The number of hydrogen-bond acceptors (Lipinski definition) is 6. The van der Waals surface area contributed by atoms with Gasteiger partial charge in [-0.05, 0) is 38.3 Å². The lowest BCUT2D eigenvalue weighted by Gasteiger charge is -2.29. The summed E-state index contributed by atoms with van der Waals surface area (Å²) in [5, 5.41) is 12.1. The Balaban J connectivity index is 3.51. The Morgan fingerprint density at radius 3 is 2.42 bits per heavy atom. The molecule has 1 rings (SSSR count). The lowest BCUT2D eigenvalue weighted by molar-refractivity contribution is 0.443. The first kappa shape index (κ1) is 14.5. The van der Waals surface area contributed by atoms with Crippen LogP contribution in [0.15, 0.2) is 14.3 Å². The maximum absolute atomic E-state index is 11.7. The molecule has 0 aliphatic heterocycles. The Hall–Kier alpha value is -2.52. The van der Waals surface area contributed by atoms with Gasteiger partial charge in [-0.2, -0.15) is 10.2 Å².